The van der Waals surface area contributed by atoms with Gasteiger partial charge in [-0.05, 0) is 47.7 Å². The first-order valence-electron chi connectivity index (χ1n) is 4.80. The molecule has 0 aromatic carbocycles. The van der Waals surface area contributed by atoms with Gasteiger partial charge < -0.3 is 0 Å². The van der Waals surface area contributed by atoms with Gasteiger partial charge in [-0.1, -0.05) is 25.3 Å². The van der Waals surface area contributed by atoms with Gasteiger partial charge in [0.15, 0.2) is 0 Å². The summed E-state index contributed by atoms with van der Waals surface area (Å²) in [4.78, 5) is 1.36. The number of allylic oxidation sites excluding steroid dienone is 4. The van der Waals surface area contributed by atoms with E-state index in [1.165, 1.54) is 16.0 Å². The van der Waals surface area contributed by atoms with E-state index in [1.807, 2.05) is 26.0 Å². The van der Waals surface area contributed by atoms with Crippen LogP contribution in [0.4, 0.5) is 0 Å². The van der Waals surface area contributed by atoms with Crippen LogP contribution < -0.4 is 0 Å². The zero-order valence-corrected chi connectivity index (χ0v) is 9.61. The first-order chi connectivity index (χ1) is 6.88. The van der Waals surface area contributed by atoms with Crippen LogP contribution in [0.1, 0.15) is 24.3 Å². The minimum atomic E-state index is 1.23. The molecule has 0 N–H and O–H groups in total. The summed E-state index contributed by atoms with van der Waals surface area (Å²) in [6.07, 6.45) is 5.92. The molecule has 0 unspecified atom stereocenters. The predicted molar refractivity (Wildman–Crippen MR) is 64.5 cm³/mol. The van der Waals surface area contributed by atoms with Crippen molar-refractivity contribution in [1.29, 1.82) is 0 Å². The van der Waals surface area contributed by atoms with Crippen LogP contribution in [0, 0.1) is 6.92 Å². The van der Waals surface area contributed by atoms with Crippen LogP contribution in [0.5, 0.6) is 0 Å². The van der Waals surface area contributed by atoms with Crippen molar-refractivity contribution < 1.29 is 0 Å². The van der Waals surface area contributed by atoms with Crippen molar-refractivity contribution in [2.24, 2.45) is 0 Å². The van der Waals surface area contributed by atoms with Gasteiger partial charge in [0.25, 0.3) is 0 Å². The van der Waals surface area contributed by atoms with Gasteiger partial charge in [0, 0.05) is 4.88 Å². The molecule has 0 aliphatic heterocycles. The van der Waals surface area contributed by atoms with Gasteiger partial charge in [0.1, 0.15) is 0 Å². The summed E-state index contributed by atoms with van der Waals surface area (Å²) < 4.78 is 0. The van der Waals surface area contributed by atoms with Gasteiger partial charge in [0.05, 0.1) is 0 Å². The summed E-state index contributed by atoms with van der Waals surface area (Å²) in [6.45, 7) is 6.14. The van der Waals surface area contributed by atoms with Gasteiger partial charge in [0.2, 0.25) is 0 Å². The van der Waals surface area contributed by atoms with E-state index in [1.54, 1.807) is 11.3 Å². The molecule has 2 rings (SSSR count). The molecule has 0 radical (unpaired) electrons. The van der Waals surface area contributed by atoms with Crippen molar-refractivity contribution in [3.05, 3.63) is 51.6 Å². The Hall–Kier alpha value is -1.26. The van der Waals surface area contributed by atoms with E-state index in [9.17, 15) is 0 Å². The Bertz CT molecular complexity index is 420. The molecule has 0 atom stereocenters. The normalized spacial score (nSPS) is 12.1. The minimum Gasteiger partial charge on any atom is -0.149 e. The van der Waals surface area contributed by atoms with E-state index in [-0.39, 0.29) is 0 Å². The van der Waals surface area contributed by atoms with E-state index in [4.69, 9.17) is 0 Å². The molecule has 0 fully saturated rings. The van der Waals surface area contributed by atoms with Gasteiger partial charge >= 0.3 is 0 Å². The number of rotatable bonds is 1. The lowest BCUT2D eigenvalue weighted by atomic mass is 10.1. The Balaban J connectivity index is 0.000000461. The maximum Gasteiger partial charge on any atom is 0.00927 e. The zero-order valence-electron chi connectivity index (χ0n) is 8.79. The summed E-state index contributed by atoms with van der Waals surface area (Å²) in [5.74, 6) is 0. The largest absolute Gasteiger partial charge is 0.149 e. The molecule has 14 heavy (non-hydrogen) atoms. The van der Waals surface area contributed by atoms with Crippen LogP contribution in [0.15, 0.2) is 41.1 Å². The predicted octanol–water partition coefficient (Wildman–Crippen LogP) is 4.35. The summed E-state index contributed by atoms with van der Waals surface area (Å²) in [7, 11) is 0. The van der Waals surface area contributed by atoms with E-state index in [2.05, 4.69) is 35.9 Å². The van der Waals surface area contributed by atoms with Gasteiger partial charge in [-0.2, -0.15) is 0 Å². The van der Waals surface area contributed by atoms with Crippen molar-refractivity contribution in [3.63, 3.8) is 0 Å². The van der Waals surface area contributed by atoms with Crippen LogP contribution in [-0.4, -0.2) is 0 Å². The van der Waals surface area contributed by atoms with Crippen molar-refractivity contribution in [2.45, 2.75) is 20.8 Å². The maximum absolute atomic E-state index is 2.96. The van der Waals surface area contributed by atoms with E-state index >= 15 is 0 Å². The molecule has 1 aliphatic rings. The molecule has 1 aromatic rings. The van der Waals surface area contributed by atoms with E-state index in [0.29, 0.717) is 0 Å². The first-order valence-corrected chi connectivity index (χ1v) is 5.68. The molecule has 1 heterocycles. The summed E-state index contributed by atoms with van der Waals surface area (Å²) in [5.41, 5.74) is 8.39. The molecular weight excluding hydrogens is 188 g/mol. The third-order valence-corrected chi connectivity index (χ3v) is 2.67. The quantitative estimate of drug-likeness (QED) is 0.594. The lowest BCUT2D eigenvalue weighted by Crippen LogP contribution is -1.79. The molecular formula is C13H14S. The van der Waals surface area contributed by atoms with Crippen LogP contribution in [-0.2, 0) is 0 Å². The Labute approximate surface area is 89.6 Å². The Morgan fingerprint density at radius 3 is 2.50 bits per heavy atom. The third kappa shape index (κ3) is 2.37. The highest BCUT2D eigenvalue weighted by Crippen LogP contribution is 2.24. The lowest BCUT2D eigenvalue weighted by molar-refractivity contribution is 1.50. The highest BCUT2D eigenvalue weighted by molar-refractivity contribution is 7.10. The third-order valence-electron chi connectivity index (χ3n) is 1.83. The van der Waals surface area contributed by atoms with Gasteiger partial charge in [-0.25, -0.2) is 0 Å². The van der Waals surface area contributed by atoms with Gasteiger partial charge in [-0.15, -0.1) is 11.3 Å². The summed E-state index contributed by atoms with van der Waals surface area (Å²) in [5, 5.41) is 2.11. The van der Waals surface area contributed by atoms with Crippen LogP contribution in [0.25, 0.3) is 5.57 Å². The average Bonchev–Trinajstić information content (AvgIpc) is 2.69. The highest BCUT2D eigenvalue weighted by Gasteiger charge is 2.02. The summed E-state index contributed by atoms with van der Waals surface area (Å²) in [6, 6.07) is 2.14. The van der Waals surface area contributed by atoms with Crippen LogP contribution in [0.2, 0.25) is 0 Å². The molecule has 0 spiro atoms. The highest BCUT2D eigenvalue weighted by atomic mass is 32.1. The van der Waals surface area contributed by atoms with Crippen LogP contribution in [0.3, 0.4) is 0 Å². The molecule has 0 saturated carbocycles. The second kappa shape index (κ2) is 5.47. The van der Waals surface area contributed by atoms with Crippen molar-refractivity contribution in [3.8, 4) is 0 Å². The molecule has 0 bridgehead atoms. The molecule has 0 nitrogen and oxygen atoms in total. The zero-order chi connectivity index (χ0) is 10.4. The van der Waals surface area contributed by atoms with Crippen LogP contribution >= 0.6 is 11.3 Å². The number of aryl methyl sites for hydroxylation is 1. The average molecular weight is 202 g/mol. The Morgan fingerprint density at radius 2 is 2.00 bits per heavy atom. The van der Waals surface area contributed by atoms with Crippen molar-refractivity contribution in [1.82, 2.24) is 0 Å². The Kier molecular flexibility index (Phi) is 4.22. The fourth-order valence-electron chi connectivity index (χ4n) is 1.20. The summed E-state index contributed by atoms with van der Waals surface area (Å²) >= 11 is 1.78. The van der Waals surface area contributed by atoms with Gasteiger partial charge in [-0.3, -0.25) is 0 Å². The molecule has 72 valence electrons. The van der Waals surface area contributed by atoms with Crippen molar-refractivity contribution >= 4 is 16.9 Å². The number of hydrogen-bond acceptors (Lipinski definition) is 1. The molecule has 1 heteroatoms. The number of thiophene rings is 1. The molecule has 1 aliphatic carbocycles. The monoisotopic (exact) mass is 202 g/mol. The fraction of sp³-hybridized carbons (Fsp3) is 0.231. The fourth-order valence-corrected chi connectivity index (χ4v) is 1.92. The second-order valence-corrected chi connectivity index (χ2v) is 3.73. The maximum atomic E-state index is 2.96. The van der Waals surface area contributed by atoms with E-state index in [0.717, 1.165) is 0 Å². The molecule has 1 aromatic heterocycles. The van der Waals surface area contributed by atoms with Crippen molar-refractivity contribution in [2.75, 3.05) is 0 Å². The lowest BCUT2D eigenvalue weighted by Gasteiger charge is -1.98. The molecule has 0 saturated heterocycles. The standard InChI is InChI=1S/C11H8S.C2H6/c1-9-11(7-8-12-9)10-5-3-2-4-6-10;1-2/h3,5-8H,1H3;1-2H3. The minimum absolute atomic E-state index is 1.23. The SMILES string of the molecule is CC.Cc1sccc1C1=CC=C=C=C1. The first kappa shape index (κ1) is 10.8. The Morgan fingerprint density at radius 1 is 1.21 bits per heavy atom. The van der Waals surface area contributed by atoms with E-state index < -0.39 is 0 Å². The number of hydrogen-bond donors (Lipinski definition) is 0. The smallest absolute Gasteiger partial charge is 0.00927 e. The molecule has 0 amide bonds. The second-order valence-electron chi connectivity index (χ2n) is 2.61. The topological polar surface area (TPSA) is 0 Å².